The molecule has 0 bridgehead atoms. The minimum Gasteiger partial charge on any atom is -0.340 e. The van der Waals surface area contributed by atoms with Crippen LogP contribution in [-0.2, 0) is 14.6 Å². The highest BCUT2D eigenvalue weighted by Crippen LogP contribution is 2.31. The molecule has 2 aliphatic rings. The van der Waals surface area contributed by atoms with Gasteiger partial charge in [-0.15, -0.1) is 0 Å². The molecular formula is C22H23F2N3O4S. The molecule has 0 saturated carbocycles. The third-order valence-electron chi connectivity index (χ3n) is 5.90. The van der Waals surface area contributed by atoms with E-state index in [2.05, 4.69) is 0 Å². The predicted molar refractivity (Wildman–Crippen MR) is 115 cm³/mol. The van der Waals surface area contributed by atoms with Gasteiger partial charge in [0.2, 0.25) is 5.91 Å². The summed E-state index contributed by atoms with van der Waals surface area (Å²) < 4.78 is 52.8. The molecule has 0 aliphatic carbocycles. The molecule has 0 N–H and O–H groups in total. The van der Waals surface area contributed by atoms with Gasteiger partial charge in [0.25, 0.3) is 0 Å². The highest BCUT2D eigenvalue weighted by Gasteiger charge is 2.36. The number of carbonyl (C=O) groups excluding carboxylic acids is 2. The fraction of sp³-hybridized carbons (Fsp3) is 0.364. The molecule has 1 unspecified atom stereocenters. The number of hydrogen-bond donors (Lipinski definition) is 0. The number of hydrogen-bond acceptors (Lipinski definition) is 4. The Hall–Kier alpha value is -3.01. The molecule has 0 spiro atoms. The summed E-state index contributed by atoms with van der Waals surface area (Å²) in [6.45, 7) is 0.658. The van der Waals surface area contributed by atoms with Gasteiger partial charge >= 0.3 is 6.03 Å². The van der Waals surface area contributed by atoms with Gasteiger partial charge in [0.1, 0.15) is 18.2 Å². The summed E-state index contributed by atoms with van der Waals surface area (Å²) in [4.78, 5) is 29.8. The van der Waals surface area contributed by atoms with Crippen LogP contribution in [0.4, 0.5) is 19.3 Å². The number of urea groups is 1. The van der Waals surface area contributed by atoms with Gasteiger partial charge in [-0.2, -0.15) is 0 Å². The summed E-state index contributed by atoms with van der Waals surface area (Å²) in [6.07, 6.45) is 0.0880. The van der Waals surface area contributed by atoms with Crippen molar-refractivity contribution in [3.8, 4) is 0 Å². The number of benzene rings is 2. The minimum atomic E-state index is -3.64. The Bertz CT molecular complexity index is 1120. The van der Waals surface area contributed by atoms with Gasteiger partial charge in [-0.05, 0) is 36.8 Å². The van der Waals surface area contributed by atoms with Crippen molar-refractivity contribution in [1.82, 2.24) is 9.80 Å². The topological polar surface area (TPSA) is 78.0 Å². The minimum absolute atomic E-state index is 0.00414. The van der Waals surface area contributed by atoms with Crippen LogP contribution in [-0.4, -0.2) is 68.6 Å². The molecular weight excluding hydrogens is 440 g/mol. The van der Waals surface area contributed by atoms with E-state index in [-0.39, 0.29) is 49.3 Å². The van der Waals surface area contributed by atoms with Gasteiger partial charge in [-0.3, -0.25) is 9.69 Å². The Balaban J connectivity index is 1.42. The maximum absolute atomic E-state index is 14.2. The molecule has 170 valence electrons. The zero-order chi connectivity index (χ0) is 22.9. The van der Waals surface area contributed by atoms with Gasteiger partial charge in [-0.25, -0.2) is 22.0 Å². The van der Waals surface area contributed by atoms with E-state index in [9.17, 15) is 26.8 Å². The Morgan fingerprint density at radius 1 is 0.969 bits per heavy atom. The summed E-state index contributed by atoms with van der Waals surface area (Å²) in [7, 11) is -3.64. The van der Waals surface area contributed by atoms with Gasteiger partial charge in [0, 0.05) is 37.4 Å². The molecule has 2 heterocycles. The van der Waals surface area contributed by atoms with E-state index < -0.39 is 26.7 Å². The number of carbonyl (C=O) groups is 2. The number of rotatable bonds is 4. The second-order valence-electron chi connectivity index (χ2n) is 7.88. The molecule has 1 atom stereocenters. The molecule has 2 aromatic rings. The van der Waals surface area contributed by atoms with Crippen molar-refractivity contribution in [2.75, 3.05) is 43.4 Å². The van der Waals surface area contributed by atoms with Crippen molar-refractivity contribution in [2.45, 2.75) is 11.7 Å². The van der Waals surface area contributed by atoms with Crippen LogP contribution in [0.1, 0.15) is 17.2 Å². The van der Waals surface area contributed by atoms with Gasteiger partial charge < -0.3 is 9.80 Å². The summed E-state index contributed by atoms with van der Waals surface area (Å²) in [5, 5.41) is -1.01. The number of nitrogens with zero attached hydrogens (tertiary/aromatic N) is 3. The van der Waals surface area contributed by atoms with Crippen molar-refractivity contribution in [3.05, 3.63) is 65.7 Å². The molecule has 2 fully saturated rings. The fourth-order valence-corrected chi connectivity index (χ4v) is 5.93. The molecule has 10 heteroatoms. The van der Waals surface area contributed by atoms with E-state index in [4.69, 9.17) is 0 Å². The molecule has 7 nitrogen and oxygen atoms in total. The Labute approximate surface area is 185 Å². The third-order valence-corrected chi connectivity index (χ3v) is 8.01. The Morgan fingerprint density at radius 2 is 1.69 bits per heavy atom. The van der Waals surface area contributed by atoms with E-state index in [1.54, 1.807) is 6.07 Å². The lowest BCUT2D eigenvalue weighted by atomic mass is 10.1. The lowest BCUT2D eigenvalue weighted by Crippen LogP contribution is -2.43. The molecule has 4 rings (SSSR count). The summed E-state index contributed by atoms with van der Waals surface area (Å²) >= 11 is 0. The SMILES string of the molecule is O=C(CN1CCN(c2ccc(F)cc2)C1=O)N1CCC(c2ccccc2F)S(=O)(=O)CC1. The lowest BCUT2D eigenvalue weighted by molar-refractivity contribution is -0.131. The summed E-state index contributed by atoms with van der Waals surface area (Å²) in [5.41, 5.74) is 0.659. The molecule has 3 amide bonds. The molecule has 2 aromatic carbocycles. The largest absolute Gasteiger partial charge is 0.340 e. The van der Waals surface area contributed by atoms with E-state index in [0.717, 1.165) is 0 Å². The average molecular weight is 464 g/mol. The molecule has 32 heavy (non-hydrogen) atoms. The van der Waals surface area contributed by atoms with Crippen LogP contribution in [0.5, 0.6) is 0 Å². The number of anilines is 1. The molecule has 2 aliphatic heterocycles. The zero-order valence-corrected chi connectivity index (χ0v) is 18.1. The maximum atomic E-state index is 14.2. The zero-order valence-electron chi connectivity index (χ0n) is 17.3. The van der Waals surface area contributed by atoms with Gasteiger partial charge in [0.15, 0.2) is 9.84 Å². The second kappa shape index (κ2) is 8.85. The number of sulfone groups is 1. The van der Waals surface area contributed by atoms with Crippen LogP contribution < -0.4 is 4.90 Å². The second-order valence-corrected chi connectivity index (χ2v) is 10.2. The molecule has 0 aromatic heterocycles. The molecule has 2 saturated heterocycles. The standard InChI is InChI=1S/C22H23F2N3O4S/c23-16-5-7-17(8-6-16)27-12-11-26(22(27)29)15-21(28)25-10-9-20(32(30,31)14-13-25)18-3-1-2-4-19(18)24/h1-8,20H,9-15H2. The van der Waals surface area contributed by atoms with Crippen LogP contribution >= 0.6 is 0 Å². The Morgan fingerprint density at radius 3 is 2.41 bits per heavy atom. The van der Waals surface area contributed by atoms with Crippen LogP contribution in [0.2, 0.25) is 0 Å². The first-order valence-electron chi connectivity index (χ1n) is 10.3. The number of halogens is 2. The predicted octanol–water partition coefficient (Wildman–Crippen LogP) is 2.60. The lowest BCUT2D eigenvalue weighted by Gasteiger charge is -2.24. The van der Waals surface area contributed by atoms with E-state index in [1.807, 2.05) is 0 Å². The van der Waals surface area contributed by atoms with E-state index in [0.29, 0.717) is 18.8 Å². The van der Waals surface area contributed by atoms with Crippen LogP contribution in [0.25, 0.3) is 0 Å². The average Bonchev–Trinajstić information content (AvgIpc) is 3.03. The van der Waals surface area contributed by atoms with E-state index in [1.165, 1.54) is 57.2 Å². The third kappa shape index (κ3) is 4.45. The summed E-state index contributed by atoms with van der Waals surface area (Å²) in [5.74, 6) is -1.61. The highest BCUT2D eigenvalue weighted by molar-refractivity contribution is 7.91. The first kappa shape index (κ1) is 22.2. The van der Waals surface area contributed by atoms with Gasteiger partial charge in [-0.1, -0.05) is 18.2 Å². The quantitative estimate of drug-likeness (QED) is 0.699. The van der Waals surface area contributed by atoms with Gasteiger partial charge in [0.05, 0.1) is 11.0 Å². The maximum Gasteiger partial charge on any atom is 0.325 e. The summed E-state index contributed by atoms with van der Waals surface area (Å²) in [6, 6.07) is 10.9. The normalized spacial score (nSPS) is 21.0. The Kier molecular flexibility index (Phi) is 6.14. The van der Waals surface area contributed by atoms with Crippen molar-refractivity contribution in [2.24, 2.45) is 0 Å². The smallest absolute Gasteiger partial charge is 0.325 e. The molecule has 0 radical (unpaired) electrons. The van der Waals surface area contributed by atoms with Crippen LogP contribution in [0.3, 0.4) is 0 Å². The first-order valence-corrected chi connectivity index (χ1v) is 12.0. The fourth-order valence-electron chi connectivity index (χ4n) is 4.13. The van der Waals surface area contributed by atoms with Crippen molar-refractivity contribution in [3.63, 3.8) is 0 Å². The van der Waals surface area contributed by atoms with Crippen LogP contribution in [0.15, 0.2) is 48.5 Å². The highest BCUT2D eigenvalue weighted by atomic mass is 32.2. The van der Waals surface area contributed by atoms with Crippen LogP contribution in [0, 0.1) is 11.6 Å². The van der Waals surface area contributed by atoms with Crippen molar-refractivity contribution in [1.29, 1.82) is 0 Å². The van der Waals surface area contributed by atoms with Crippen molar-refractivity contribution < 1.29 is 26.8 Å². The monoisotopic (exact) mass is 463 g/mol. The number of amides is 3. The van der Waals surface area contributed by atoms with Crippen molar-refractivity contribution >= 4 is 27.5 Å². The van der Waals surface area contributed by atoms with E-state index >= 15 is 0 Å². The first-order chi connectivity index (χ1) is 15.3.